The molecule has 0 aliphatic heterocycles. The van der Waals surface area contributed by atoms with E-state index >= 15 is 0 Å². The van der Waals surface area contributed by atoms with Crippen molar-refractivity contribution in [1.82, 2.24) is 14.8 Å². The van der Waals surface area contributed by atoms with Crippen LogP contribution in [-0.4, -0.2) is 20.7 Å². The van der Waals surface area contributed by atoms with Gasteiger partial charge in [-0.05, 0) is 40.9 Å². The number of para-hydroxylation sites is 1. The second kappa shape index (κ2) is 7.69. The summed E-state index contributed by atoms with van der Waals surface area (Å²) in [6.45, 7) is 1.31. The Morgan fingerprint density at radius 2 is 2.09 bits per heavy atom. The van der Waals surface area contributed by atoms with Gasteiger partial charge in [-0.3, -0.25) is 9.48 Å². The molecule has 5 nitrogen and oxygen atoms in total. The summed E-state index contributed by atoms with van der Waals surface area (Å²) >= 11 is 1.65. The minimum atomic E-state index is 0.127. The first-order valence-electron chi connectivity index (χ1n) is 7.52. The van der Waals surface area contributed by atoms with E-state index < -0.39 is 0 Å². The predicted octanol–water partition coefficient (Wildman–Crippen LogP) is 3.35. The van der Waals surface area contributed by atoms with E-state index in [1.54, 1.807) is 22.3 Å². The third-order valence-corrected chi connectivity index (χ3v) is 4.27. The van der Waals surface area contributed by atoms with E-state index in [1.807, 2.05) is 40.6 Å². The largest absolute Gasteiger partial charge is 0.308 e. The molecular formula is C17H18N4OS. The average Bonchev–Trinajstić information content (AvgIpc) is 3.27. The monoisotopic (exact) mass is 326 g/mol. The van der Waals surface area contributed by atoms with Crippen molar-refractivity contribution in [3.8, 4) is 0 Å². The highest BCUT2D eigenvalue weighted by Crippen LogP contribution is 2.19. The van der Waals surface area contributed by atoms with Gasteiger partial charge in [-0.2, -0.15) is 16.4 Å². The second-order valence-corrected chi connectivity index (χ2v) is 5.99. The van der Waals surface area contributed by atoms with Crippen molar-refractivity contribution in [1.29, 1.82) is 0 Å². The molecule has 0 aliphatic rings. The first-order chi connectivity index (χ1) is 11.3. The van der Waals surface area contributed by atoms with E-state index in [0.29, 0.717) is 19.5 Å². The molecule has 0 spiro atoms. The van der Waals surface area contributed by atoms with E-state index in [9.17, 15) is 4.79 Å². The number of thiophene rings is 1. The lowest BCUT2D eigenvalue weighted by molar-refractivity contribution is -0.118. The fourth-order valence-corrected chi connectivity index (χ4v) is 3.03. The highest BCUT2D eigenvalue weighted by molar-refractivity contribution is 7.07. The van der Waals surface area contributed by atoms with Crippen LogP contribution in [0.4, 0.5) is 5.69 Å². The van der Waals surface area contributed by atoms with E-state index in [0.717, 1.165) is 17.7 Å². The highest BCUT2D eigenvalue weighted by Gasteiger charge is 2.16. The number of amides is 1. The zero-order chi connectivity index (χ0) is 15.9. The lowest BCUT2D eigenvalue weighted by atomic mass is 10.2. The Kier molecular flexibility index (Phi) is 5.16. The summed E-state index contributed by atoms with van der Waals surface area (Å²) in [7, 11) is 0. The molecule has 0 aliphatic carbocycles. The second-order valence-electron chi connectivity index (χ2n) is 5.21. The lowest BCUT2D eigenvalue weighted by Crippen LogP contribution is -2.30. The Labute approximate surface area is 139 Å². The van der Waals surface area contributed by atoms with Crippen LogP contribution in [0.1, 0.15) is 18.4 Å². The van der Waals surface area contributed by atoms with Crippen molar-refractivity contribution in [3.63, 3.8) is 0 Å². The van der Waals surface area contributed by atoms with Gasteiger partial charge in [0.25, 0.3) is 0 Å². The smallest absolute Gasteiger partial charge is 0.227 e. The minimum absolute atomic E-state index is 0.127. The molecule has 0 radical (unpaired) electrons. The molecule has 0 saturated heterocycles. The Balaban J connectivity index is 1.65. The van der Waals surface area contributed by atoms with Crippen LogP contribution in [0.5, 0.6) is 0 Å². The lowest BCUT2D eigenvalue weighted by Gasteiger charge is -2.22. The van der Waals surface area contributed by atoms with Gasteiger partial charge in [-0.15, -0.1) is 0 Å². The van der Waals surface area contributed by atoms with Crippen LogP contribution < -0.4 is 4.90 Å². The predicted molar refractivity (Wildman–Crippen MR) is 91.2 cm³/mol. The normalized spacial score (nSPS) is 10.6. The van der Waals surface area contributed by atoms with Gasteiger partial charge in [-0.1, -0.05) is 18.2 Å². The molecule has 0 bridgehead atoms. The van der Waals surface area contributed by atoms with Crippen LogP contribution in [0.3, 0.4) is 0 Å². The molecule has 0 unspecified atom stereocenters. The molecule has 6 heteroatoms. The van der Waals surface area contributed by atoms with Crippen LogP contribution in [0.2, 0.25) is 0 Å². The van der Waals surface area contributed by atoms with E-state index in [4.69, 9.17) is 0 Å². The quantitative estimate of drug-likeness (QED) is 0.669. The summed E-state index contributed by atoms with van der Waals surface area (Å²) in [4.78, 5) is 18.4. The molecule has 1 amide bonds. The van der Waals surface area contributed by atoms with Crippen molar-refractivity contribution in [2.45, 2.75) is 25.9 Å². The molecule has 3 rings (SSSR count). The van der Waals surface area contributed by atoms with Gasteiger partial charge < -0.3 is 4.90 Å². The molecule has 2 heterocycles. The third kappa shape index (κ3) is 4.26. The maximum absolute atomic E-state index is 12.7. The highest BCUT2D eigenvalue weighted by atomic mass is 32.1. The number of benzene rings is 1. The van der Waals surface area contributed by atoms with Crippen molar-refractivity contribution < 1.29 is 4.79 Å². The molecule has 2 aromatic heterocycles. The third-order valence-electron chi connectivity index (χ3n) is 3.53. The van der Waals surface area contributed by atoms with Crippen LogP contribution in [0.15, 0.2) is 59.8 Å². The number of anilines is 1. The zero-order valence-electron chi connectivity index (χ0n) is 12.7. The number of carbonyl (C=O) groups excluding carboxylic acids is 1. The Hall–Kier alpha value is -2.47. The summed E-state index contributed by atoms with van der Waals surface area (Å²) < 4.78 is 1.75. The Morgan fingerprint density at radius 3 is 2.78 bits per heavy atom. The van der Waals surface area contributed by atoms with Crippen LogP contribution >= 0.6 is 11.3 Å². The molecular weight excluding hydrogens is 308 g/mol. The Bertz CT molecular complexity index is 710. The van der Waals surface area contributed by atoms with Gasteiger partial charge in [0.05, 0.1) is 6.54 Å². The van der Waals surface area contributed by atoms with Gasteiger partial charge >= 0.3 is 0 Å². The van der Waals surface area contributed by atoms with E-state index in [1.165, 1.54) is 6.33 Å². The van der Waals surface area contributed by atoms with Crippen LogP contribution in [0, 0.1) is 0 Å². The summed E-state index contributed by atoms with van der Waals surface area (Å²) in [5.74, 6) is 0.127. The topological polar surface area (TPSA) is 51.0 Å². The summed E-state index contributed by atoms with van der Waals surface area (Å²) in [6, 6.07) is 11.9. The molecule has 118 valence electrons. The van der Waals surface area contributed by atoms with Gasteiger partial charge in [0.1, 0.15) is 12.7 Å². The summed E-state index contributed by atoms with van der Waals surface area (Å²) in [5, 5.41) is 8.18. The molecule has 0 saturated carbocycles. The molecule has 3 aromatic rings. The standard InChI is InChI=1S/C17H18N4OS/c22-17(7-4-9-20-14-18-13-19-20)21(11-15-8-10-23-12-15)16-5-2-1-3-6-16/h1-3,5-6,8,10,12-14H,4,7,9,11H2. The number of carbonyl (C=O) groups is 1. The first kappa shape index (κ1) is 15.4. The number of aryl methyl sites for hydroxylation is 1. The van der Waals surface area contributed by atoms with E-state index in [-0.39, 0.29) is 5.91 Å². The van der Waals surface area contributed by atoms with Gasteiger partial charge in [-0.25, -0.2) is 4.98 Å². The first-order valence-corrected chi connectivity index (χ1v) is 8.46. The molecule has 0 fully saturated rings. The number of hydrogen-bond acceptors (Lipinski definition) is 4. The summed E-state index contributed by atoms with van der Waals surface area (Å²) in [5.41, 5.74) is 2.09. The van der Waals surface area contributed by atoms with Crippen molar-refractivity contribution in [2.24, 2.45) is 0 Å². The zero-order valence-corrected chi connectivity index (χ0v) is 13.5. The van der Waals surface area contributed by atoms with Crippen LogP contribution in [0.25, 0.3) is 0 Å². The molecule has 0 atom stereocenters. The molecule has 1 aromatic carbocycles. The SMILES string of the molecule is O=C(CCCn1cncn1)N(Cc1ccsc1)c1ccccc1. The van der Waals surface area contributed by atoms with Crippen LogP contribution in [-0.2, 0) is 17.9 Å². The van der Waals surface area contributed by atoms with Gasteiger partial charge in [0.15, 0.2) is 0 Å². The minimum Gasteiger partial charge on any atom is -0.308 e. The van der Waals surface area contributed by atoms with Crippen molar-refractivity contribution in [3.05, 3.63) is 65.4 Å². The summed E-state index contributed by atoms with van der Waals surface area (Å²) in [6.07, 6.45) is 4.41. The average molecular weight is 326 g/mol. The van der Waals surface area contributed by atoms with Crippen molar-refractivity contribution >= 4 is 22.9 Å². The van der Waals surface area contributed by atoms with E-state index in [2.05, 4.69) is 21.5 Å². The molecule has 0 N–H and O–H groups in total. The number of rotatable bonds is 7. The Morgan fingerprint density at radius 1 is 1.22 bits per heavy atom. The van der Waals surface area contributed by atoms with Gasteiger partial charge in [0.2, 0.25) is 5.91 Å². The maximum Gasteiger partial charge on any atom is 0.227 e. The fourth-order valence-electron chi connectivity index (χ4n) is 2.37. The maximum atomic E-state index is 12.7. The number of aromatic nitrogens is 3. The fraction of sp³-hybridized carbons (Fsp3) is 0.235. The number of nitrogens with zero attached hydrogens (tertiary/aromatic N) is 4. The molecule has 23 heavy (non-hydrogen) atoms. The number of hydrogen-bond donors (Lipinski definition) is 0. The van der Waals surface area contributed by atoms with Gasteiger partial charge in [0, 0.05) is 18.7 Å². The van der Waals surface area contributed by atoms with Crippen molar-refractivity contribution in [2.75, 3.05) is 4.90 Å².